The molecule has 7 aromatic carbocycles. The van der Waals surface area contributed by atoms with Crippen molar-refractivity contribution in [3.05, 3.63) is 199 Å². The van der Waals surface area contributed by atoms with Gasteiger partial charge in [-0.15, -0.1) is 15.3 Å². The van der Waals surface area contributed by atoms with Crippen LogP contribution in [0.1, 0.15) is 31.1 Å². The monoisotopic (exact) mass is 750 g/mol. The van der Waals surface area contributed by atoms with Gasteiger partial charge < -0.3 is 14.2 Å². The third-order valence-corrected chi connectivity index (χ3v) is 7.93. The molecule has 0 spiro atoms. The van der Waals surface area contributed by atoms with Crippen molar-refractivity contribution in [3.63, 3.8) is 0 Å². The molecule has 57 heavy (non-hydrogen) atoms. The molecule has 0 saturated carbocycles. The Morgan fingerprint density at radius 1 is 0.298 bits per heavy atom. The fourth-order valence-corrected chi connectivity index (χ4v) is 5.15. The number of rotatable bonds is 12. The van der Waals surface area contributed by atoms with Crippen molar-refractivity contribution in [2.45, 2.75) is 0 Å². The van der Waals surface area contributed by atoms with Gasteiger partial charge in [-0.05, 0) is 91.0 Å². The summed E-state index contributed by atoms with van der Waals surface area (Å²) in [5.41, 5.74) is 2.14. The first-order valence-corrected chi connectivity index (χ1v) is 17.5. The van der Waals surface area contributed by atoms with Crippen LogP contribution < -0.4 is 14.2 Å². The summed E-state index contributed by atoms with van der Waals surface area (Å²) >= 11 is 0. The maximum Gasteiger partial charge on any atom is 0.343 e. The molecule has 0 fully saturated rings. The fraction of sp³-hybridized carbons (Fsp3) is 0. The van der Waals surface area contributed by atoms with Crippen LogP contribution in [0.5, 0.6) is 17.2 Å². The lowest BCUT2D eigenvalue weighted by molar-refractivity contribution is 0.0735. The van der Waals surface area contributed by atoms with E-state index in [1.807, 2.05) is 54.6 Å². The van der Waals surface area contributed by atoms with E-state index >= 15 is 0 Å². The van der Waals surface area contributed by atoms with E-state index in [2.05, 4.69) is 30.7 Å². The molecule has 0 aliphatic heterocycles. The average molecular weight is 751 g/mol. The number of benzene rings is 7. The molecule has 0 N–H and O–H groups in total. The van der Waals surface area contributed by atoms with Crippen molar-refractivity contribution in [3.8, 4) is 17.2 Å². The first-order valence-electron chi connectivity index (χ1n) is 17.5. The van der Waals surface area contributed by atoms with Crippen LogP contribution in [0.3, 0.4) is 0 Å². The molecule has 0 heterocycles. The highest BCUT2D eigenvalue weighted by atomic mass is 16.5. The third kappa shape index (κ3) is 10.0. The van der Waals surface area contributed by atoms with Crippen molar-refractivity contribution in [2.75, 3.05) is 0 Å². The van der Waals surface area contributed by atoms with E-state index < -0.39 is 17.9 Å². The van der Waals surface area contributed by atoms with Crippen LogP contribution in [-0.2, 0) is 0 Å². The maximum atomic E-state index is 13.8. The van der Waals surface area contributed by atoms with E-state index in [4.69, 9.17) is 14.2 Å². The molecular formula is C45H30N6O6. The molecule has 12 heteroatoms. The Balaban J connectivity index is 1.20. The Hall–Kier alpha value is -8.25. The van der Waals surface area contributed by atoms with E-state index in [0.29, 0.717) is 17.1 Å². The summed E-state index contributed by atoms with van der Waals surface area (Å²) in [5, 5.41) is 25.5. The second kappa shape index (κ2) is 18.2. The lowest BCUT2D eigenvalue weighted by atomic mass is 10.1. The Bertz CT molecular complexity index is 2320. The standard InChI is InChI=1S/C45H30N6O6/c52-43(55-40-25-13-10-22-37(40)49-46-34-16-4-1-5-17-34)31-28-32(44(53)56-41-26-14-11-23-38(41)50-47-35-18-6-2-7-19-35)30-33(29-31)45(54)57-42-27-15-12-24-39(42)51-48-36-20-8-3-9-21-36/h1-30H/b49-46+,50-47+,51-48+. The van der Waals surface area contributed by atoms with Gasteiger partial charge in [-0.3, -0.25) is 0 Å². The highest BCUT2D eigenvalue weighted by Crippen LogP contribution is 2.33. The van der Waals surface area contributed by atoms with Crippen LogP contribution in [0.4, 0.5) is 34.1 Å². The highest BCUT2D eigenvalue weighted by Gasteiger charge is 2.22. The molecule has 0 aliphatic rings. The minimum absolute atomic E-state index is 0.0923. The number of esters is 3. The van der Waals surface area contributed by atoms with Crippen molar-refractivity contribution >= 4 is 52.0 Å². The molecule has 0 amide bonds. The van der Waals surface area contributed by atoms with Gasteiger partial charge in [0.25, 0.3) is 0 Å². The van der Waals surface area contributed by atoms with Crippen LogP contribution in [0.2, 0.25) is 0 Å². The zero-order valence-electron chi connectivity index (χ0n) is 30.0. The first-order chi connectivity index (χ1) is 28.0. The van der Waals surface area contributed by atoms with Crippen molar-refractivity contribution in [1.82, 2.24) is 0 Å². The molecule has 0 radical (unpaired) electrons. The quantitative estimate of drug-likeness (QED) is 0.0688. The van der Waals surface area contributed by atoms with Crippen molar-refractivity contribution in [1.29, 1.82) is 0 Å². The number of carbonyl (C=O) groups is 3. The van der Waals surface area contributed by atoms with Gasteiger partial charge in [0.2, 0.25) is 0 Å². The second-order valence-corrected chi connectivity index (χ2v) is 12.0. The lowest BCUT2D eigenvalue weighted by Gasteiger charge is -2.12. The fourth-order valence-electron chi connectivity index (χ4n) is 5.15. The number of azo groups is 3. The lowest BCUT2D eigenvalue weighted by Crippen LogP contribution is -2.17. The molecule has 7 rings (SSSR count). The highest BCUT2D eigenvalue weighted by molar-refractivity contribution is 6.02. The minimum atomic E-state index is -0.893. The van der Waals surface area contributed by atoms with Crippen molar-refractivity contribution < 1.29 is 28.6 Å². The zero-order chi connectivity index (χ0) is 39.2. The molecule has 0 saturated heterocycles. The van der Waals surface area contributed by atoms with Gasteiger partial charge in [0.15, 0.2) is 17.2 Å². The van der Waals surface area contributed by atoms with Crippen LogP contribution in [0, 0.1) is 0 Å². The molecule has 0 unspecified atom stereocenters. The van der Waals surface area contributed by atoms with Gasteiger partial charge in [0.05, 0.1) is 33.8 Å². The Morgan fingerprint density at radius 2 is 0.544 bits per heavy atom. The van der Waals surface area contributed by atoms with Gasteiger partial charge >= 0.3 is 17.9 Å². The maximum absolute atomic E-state index is 13.8. The number of hydrogen-bond acceptors (Lipinski definition) is 12. The number of ether oxygens (including phenoxy) is 3. The molecule has 12 nitrogen and oxygen atoms in total. The molecule has 276 valence electrons. The topological polar surface area (TPSA) is 153 Å². The van der Waals surface area contributed by atoms with Gasteiger partial charge in [-0.2, -0.15) is 15.3 Å². The van der Waals surface area contributed by atoms with Crippen LogP contribution >= 0.6 is 0 Å². The van der Waals surface area contributed by atoms with E-state index in [9.17, 15) is 14.4 Å². The predicted molar refractivity (Wildman–Crippen MR) is 212 cm³/mol. The van der Waals surface area contributed by atoms with Crippen molar-refractivity contribution in [2.24, 2.45) is 30.7 Å². The Morgan fingerprint density at radius 3 is 0.825 bits per heavy atom. The second-order valence-electron chi connectivity index (χ2n) is 12.0. The van der Waals surface area contributed by atoms with E-state index in [0.717, 1.165) is 0 Å². The largest absolute Gasteiger partial charge is 0.421 e. The zero-order valence-corrected chi connectivity index (χ0v) is 30.0. The molecule has 0 aromatic heterocycles. The van der Waals surface area contributed by atoms with Crippen LogP contribution in [0.25, 0.3) is 0 Å². The molecule has 7 aromatic rings. The predicted octanol–water partition coefficient (Wildman–Crippen LogP) is 12.6. The third-order valence-electron chi connectivity index (χ3n) is 7.93. The first kappa shape index (κ1) is 37.1. The van der Waals surface area contributed by atoms with Gasteiger partial charge in [-0.25, -0.2) is 14.4 Å². The summed E-state index contributed by atoms with van der Waals surface area (Å²) in [7, 11) is 0. The normalized spacial score (nSPS) is 11.2. The smallest absolute Gasteiger partial charge is 0.343 e. The van der Waals surface area contributed by atoms with Crippen LogP contribution in [-0.4, -0.2) is 17.9 Å². The van der Waals surface area contributed by atoms with E-state index in [1.165, 1.54) is 18.2 Å². The molecule has 0 aliphatic carbocycles. The minimum Gasteiger partial charge on any atom is -0.421 e. The van der Waals surface area contributed by atoms with Gasteiger partial charge in [0.1, 0.15) is 17.1 Å². The number of nitrogens with zero attached hydrogens (tertiary/aromatic N) is 6. The summed E-state index contributed by atoms with van der Waals surface area (Å²) in [6.45, 7) is 0. The van der Waals surface area contributed by atoms with E-state index in [-0.39, 0.29) is 51.0 Å². The summed E-state index contributed by atoms with van der Waals surface area (Å²) in [6.07, 6.45) is 0. The Kier molecular flexibility index (Phi) is 11.8. The SMILES string of the molecule is O=C(Oc1ccccc1/N=N/c1ccccc1)c1cc(C(=O)Oc2ccccc2/N=N/c2ccccc2)cc(C(=O)Oc2ccccc2/N=N/c2ccccc2)c1. The van der Waals surface area contributed by atoms with Gasteiger partial charge in [0, 0.05) is 0 Å². The molecule has 0 bridgehead atoms. The van der Waals surface area contributed by atoms with Gasteiger partial charge in [-0.1, -0.05) is 91.0 Å². The summed E-state index contributed by atoms with van der Waals surface area (Å²) in [5.74, 6) is -2.40. The summed E-state index contributed by atoms with van der Waals surface area (Å²) in [6, 6.07) is 50.6. The Labute approximate surface area is 326 Å². The molecular weight excluding hydrogens is 721 g/mol. The summed E-state index contributed by atoms with van der Waals surface area (Å²) < 4.78 is 17.3. The number of para-hydroxylation sites is 3. The summed E-state index contributed by atoms with van der Waals surface area (Å²) in [4.78, 5) is 41.4. The average Bonchev–Trinajstić information content (AvgIpc) is 3.26. The van der Waals surface area contributed by atoms with Crippen LogP contribution in [0.15, 0.2) is 213 Å². The number of hydrogen-bond donors (Lipinski definition) is 0. The van der Waals surface area contributed by atoms with E-state index in [1.54, 1.807) is 109 Å². The molecule has 0 atom stereocenters. The number of carbonyl (C=O) groups excluding carboxylic acids is 3.